The molecule has 0 saturated carbocycles. The fourth-order valence-electron chi connectivity index (χ4n) is 3.10. The van der Waals surface area contributed by atoms with Gasteiger partial charge in [-0.15, -0.1) is 0 Å². The van der Waals surface area contributed by atoms with Crippen molar-refractivity contribution >= 4 is 11.7 Å². The van der Waals surface area contributed by atoms with E-state index in [0.717, 1.165) is 30.5 Å². The number of hydrogen-bond acceptors (Lipinski definition) is 5. The first-order valence-electron chi connectivity index (χ1n) is 9.03. The number of phenols is 1. The van der Waals surface area contributed by atoms with Crippen LogP contribution < -0.4 is 4.90 Å². The highest BCUT2D eigenvalue weighted by atomic mass is 16.5. The third-order valence-electron chi connectivity index (χ3n) is 4.31. The van der Waals surface area contributed by atoms with Gasteiger partial charge in [0.2, 0.25) is 0 Å². The van der Waals surface area contributed by atoms with Gasteiger partial charge in [0.05, 0.1) is 31.1 Å². The van der Waals surface area contributed by atoms with Gasteiger partial charge in [-0.05, 0) is 31.4 Å². The number of rotatable bonds is 8. The fourth-order valence-corrected chi connectivity index (χ4v) is 3.10. The molecular formula is C19H29NO4. The summed E-state index contributed by atoms with van der Waals surface area (Å²) < 4.78 is 10.7. The van der Waals surface area contributed by atoms with Crippen molar-refractivity contribution in [2.45, 2.75) is 46.0 Å². The Morgan fingerprint density at radius 2 is 1.96 bits per heavy atom. The molecule has 0 aliphatic carbocycles. The van der Waals surface area contributed by atoms with Crippen molar-refractivity contribution in [2.75, 3.05) is 37.8 Å². The minimum absolute atomic E-state index is 0.204. The van der Waals surface area contributed by atoms with E-state index in [4.69, 9.17) is 9.47 Å². The molecule has 1 aromatic rings. The van der Waals surface area contributed by atoms with Crippen LogP contribution in [-0.4, -0.2) is 44.0 Å². The van der Waals surface area contributed by atoms with E-state index in [-0.39, 0.29) is 11.7 Å². The smallest absolute Gasteiger partial charge is 0.340 e. The third-order valence-corrected chi connectivity index (χ3v) is 4.31. The van der Waals surface area contributed by atoms with Crippen LogP contribution in [0.5, 0.6) is 5.75 Å². The lowest BCUT2D eigenvalue weighted by atomic mass is 9.98. The molecule has 134 valence electrons. The first-order valence-corrected chi connectivity index (χ1v) is 9.03. The lowest BCUT2D eigenvalue weighted by molar-refractivity contribution is 0.0525. The summed E-state index contributed by atoms with van der Waals surface area (Å²) in [7, 11) is 0. The molecule has 1 N–H and O–H groups in total. The standard InChI is InChI=1S/C19H29NO4/c1-3-5-6-7-8-15-13-16(21)14-17(18(15)19(22)24-4-2)20-9-11-23-12-10-20/h13-14,21H,3-12H2,1-2H3. The number of phenolic OH excluding ortho intramolecular Hbond substituents is 1. The first kappa shape index (κ1) is 18.6. The number of morpholine rings is 1. The zero-order chi connectivity index (χ0) is 17.4. The molecular weight excluding hydrogens is 306 g/mol. The van der Waals surface area contributed by atoms with Crippen LogP contribution in [0.1, 0.15) is 55.5 Å². The van der Waals surface area contributed by atoms with Gasteiger partial charge in [0.25, 0.3) is 0 Å². The molecule has 0 spiro atoms. The van der Waals surface area contributed by atoms with E-state index < -0.39 is 0 Å². The molecule has 5 nitrogen and oxygen atoms in total. The minimum atomic E-state index is -0.301. The minimum Gasteiger partial charge on any atom is -0.508 e. The molecule has 1 aliphatic heterocycles. The Morgan fingerprint density at radius 1 is 1.21 bits per heavy atom. The predicted molar refractivity (Wildman–Crippen MR) is 94.9 cm³/mol. The Balaban J connectivity index is 2.32. The molecule has 2 rings (SSSR count). The highest BCUT2D eigenvalue weighted by Gasteiger charge is 2.24. The molecule has 1 heterocycles. The lowest BCUT2D eigenvalue weighted by Gasteiger charge is -2.31. The van der Waals surface area contributed by atoms with Crippen LogP contribution in [-0.2, 0) is 15.9 Å². The van der Waals surface area contributed by atoms with Crippen LogP contribution >= 0.6 is 0 Å². The van der Waals surface area contributed by atoms with Crippen molar-refractivity contribution in [3.05, 3.63) is 23.3 Å². The number of nitrogens with zero attached hydrogens (tertiary/aromatic N) is 1. The molecule has 1 aliphatic rings. The SMILES string of the molecule is CCCCCCc1cc(O)cc(N2CCOCC2)c1C(=O)OCC. The van der Waals surface area contributed by atoms with Gasteiger partial charge in [-0.3, -0.25) is 0 Å². The van der Waals surface area contributed by atoms with E-state index in [1.54, 1.807) is 12.1 Å². The monoisotopic (exact) mass is 335 g/mol. The molecule has 0 aromatic heterocycles. The van der Waals surface area contributed by atoms with Crippen LogP contribution in [0.25, 0.3) is 0 Å². The predicted octanol–water partition coefficient (Wildman–Crippen LogP) is 3.53. The van der Waals surface area contributed by atoms with E-state index in [1.165, 1.54) is 12.8 Å². The van der Waals surface area contributed by atoms with E-state index in [0.29, 0.717) is 38.5 Å². The Hall–Kier alpha value is -1.75. The number of ether oxygens (including phenoxy) is 2. The number of esters is 1. The first-order chi connectivity index (χ1) is 11.7. The molecule has 1 aromatic carbocycles. The number of unbranched alkanes of at least 4 members (excludes halogenated alkanes) is 3. The quantitative estimate of drug-likeness (QED) is 0.582. The molecule has 0 bridgehead atoms. The molecule has 1 fully saturated rings. The fraction of sp³-hybridized carbons (Fsp3) is 0.632. The summed E-state index contributed by atoms with van der Waals surface area (Å²) >= 11 is 0. The number of aryl methyl sites for hydroxylation is 1. The number of aromatic hydroxyl groups is 1. The number of carbonyl (C=O) groups is 1. The summed E-state index contributed by atoms with van der Waals surface area (Å²) in [6.45, 7) is 7.02. The van der Waals surface area contributed by atoms with Crippen LogP contribution in [0.3, 0.4) is 0 Å². The summed E-state index contributed by atoms with van der Waals surface area (Å²) in [5.41, 5.74) is 2.25. The summed E-state index contributed by atoms with van der Waals surface area (Å²) in [5.74, 6) is -0.0977. The second-order valence-corrected chi connectivity index (χ2v) is 6.13. The highest BCUT2D eigenvalue weighted by Crippen LogP contribution is 2.32. The Morgan fingerprint density at radius 3 is 2.62 bits per heavy atom. The molecule has 24 heavy (non-hydrogen) atoms. The maximum atomic E-state index is 12.6. The highest BCUT2D eigenvalue weighted by molar-refractivity contribution is 5.98. The van der Waals surface area contributed by atoms with Gasteiger partial charge in [0, 0.05) is 19.2 Å². The topological polar surface area (TPSA) is 59.0 Å². The summed E-state index contributed by atoms with van der Waals surface area (Å²) in [6, 6.07) is 3.38. The molecule has 0 radical (unpaired) electrons. The zero-order valence-corrected chi connectivity index (χ0v) is 14.8. The summed E-state index contributed by atoms with van der Waals surface area (Å²) in [4.78, 5) is 14.7. The molecule has 0 unspecified atom stereocenters. The van der Waals surface area contributed by atoms with Crippen molar-refractivity contribution in [2.24, 2.45) is 0 Å². The lowest BCUT2D eigenvalue weighted by Crippen LogP contribution is -2.37. The van der Waals surface area contributed by atoms with Gasteiger partial charge in [0.1, 0.15) is 5.75 Å². The number of carbonyl (C=O) groups excluding carboxylic acids is 1. The Kier molecular flexibility index (Phi) is 7.37. The van der Waals surface area contributed by atoms with Crippen LogP contribution in [0.2, 0.25) is 0 Å². The molecule has 5 heteroatoms. The second-order valence-electron chi connectivity index (χ2n) is 6.13. The third kappa shape index (κ3) is 4.87. The number of anilines is 1. The van der Waals surface area contributed by atoms with E-state index in [1.807, 2.05) is 6.92 Å². The van der Waals surface area contributed by atoms with Crippen LogP contribution in [0.4, 0.5) is 5.69 Å². The second kappa shape index (κ2) is 9.52. The van der Waals surface area contributed by atoms with Crippen LogP contribution in [0, 0.1) is 0 Å². The van der Waals surface area contributed by atoms with Crippen molar-refractivity contribution in [3.63, 3.8) is 0 Å². The normalized spacial score (nSPS) is 14.7. The van der Waals surface area contributed by atoms with Crippen molar-refractivity contribution in [1.29, 1.82) is 0 Å². The van der Waals surface area contributed by atoms with Gasteiger partial charge >= 0.3 is 5.97 Å². The molecule has 0 atom stereocenters. The van der Waals surface area contributed by atoms with E-state index >= 15 is 0 Å². The maximum absolute atomic E-state index is 12.6. The average Bonchev–Trinajstić information content (AvgIpc) is 2.59. The van der Waals surface area contributed by atoms with E-state index in [2.05, 4.69) is 11.8 Å². The molecule has 0 amide bonds. The van der Waals surface area contributed by atoms with Crippen molar-refractivity contribution in [1.82, 2.24) is 0 Å². The van der Waals surface area contributed by atoms with E-state index in [9.17, 15) is 9.90 Å². The average molecular weight is 335 g/mol. The Bertz CT molecular complexity index is 538. The number of benzene rings is 1. The van der Waals surface area contributed by atoms with Gasteiger partial charge < -0.3 is 19.5 Å². The summed E-state index contributed by atoms with van der Waals surface area (Å²) in [6.07, 6.45) is 5.27. The largest absolute Gasteiger partial charge is 0.508 e. The Labute approximate surface area is 144 Å². The van der Waals surface area contributed by atoms with Gasteiger partial charge in [-0.25, -0.2) is 4.79 Å². The van der Waals surface area contributed by atoms with Gasteiger partial charge in [-0.1, -0.05) is 26.2 Å². The van der Waals surface area contributed by atoms with Gasteiger partial charge in [-0.2, -0.15) is 0 Å². The van der Waals surface area contributed by atoms with Crippen molar-refractivity contribution in [3.8, 4) is 5.75 Å². The number of hydrogen-bond donors (Lipinski definition) is 1. The molecule has 1 saturated heterocycles. The zero-order valence-electron chi connectivity index (χ0n) is 14.8. The maximum Gasteiger partial charge on any atom is 0.340 e. The summed E-state index contributed by atoms with van der Waals surface area (Å²) in [5, 5.41) is 10.2. The van der Waals surface area contributed by atoms with Gasteiger partial charge in [0.15, 0.2) is 0 Å². The van der Waals surface area contributed by atoms with Crippen molar-refractivity contribution < 1.29 is 19.4 Å². The van der Waals surface area contributed by atoms with Crippen LogP contribution in [0.15, 0.2) is 12.1 Å².